The molecule has 0 unspecified atom stereocenters. The van der Waals surface area contributed by atoms with Gasteiger partial charge in [0.2, 0.25) is 5.91 Å². The third-order valence-electron chi connectivity index (χ3n) is 4.41. The topological polar surface area (TPSA) is 75.7 Å². The third-order valence-corrected chi connectivity index (χ3v) is 5.32. The first-order valence-electron chi connectivity index (χ1n) is 9.23. The van der Waals surface area contributed by atoms with Gasteiger partial charge in [0.1, 0.15) is 12.3 Å². The van der Waals surface area contributed by atoms with Crippen LogP contribution in [-0.4, -0.2) is 35.1 Å². The summed E-state index contributed by atoms with van der Waals surface area (Å²) in [6, 6.07) is 12.9. The predicted octanol–water partition coefficient (Wildman–Crippen LogP) is 4.38. The predicted molar refractivity (Wildman–Crippen MR) is 115 cm³/mol. The highest BCUT2D eigenvalue weighted by molar-refractivity contribution is 8.18. The maximum atomic E-state index is 12.6. The van der Waals surface area contributed by atoms with E-state index in [-0.39, 0.29) is 6.54 Å². The van der Waals surface area contributed by atoms with E-state index in [1.165, 1.54) is 0 Å². The van der Waals surface area contributed by atoms with Crippen molar-refractivity contribution in [2.45, 2.75) is 20.8 Å². The molecule has 1 aliphatic rings. The minimum Gasteiger partial charge on any atom is -0.494 e. The normalized spacial score (nSPS) is 15.1. The summed E-state index contributed by atoms with van der Waals surface area (Å²) >= 11 is 0.833. The number of hydrogen-bond acceptors (Lipinski definition) is 5. The molecule has 2 aromatic rings. The first-order chi connectivity index (χ1) is 13.9. The van der Waals surface area contributed by atoms with Crippen molar-refractivity contribution in [3.63, 3.8) is 0 Å². The summed E-state index contributed by atoms with van der Waals surface area (Å²) in [6.45, 7) is 5.94. The smallest absolute Gasteiger partial charge is 0.294 e. The number of nitrogens with one attached hydrogen (secondary N) is 1. The van der Waals surface area contributed by atoms with Crippen LogP contribution in [0.1, 0.15) is 23.6 Å². The molecule has 1 aliphatic heterocycles. The summed E-state index contributed by atoms with van der Waals surface area (Å²) in [5.74, 6) is -0.140. The first kappa shape index (κ1) is 20.7. The van der Waals surface area contributed by atoms with Crippen molar-refractivity contribution >= 4 is 40.6 Å². The largest absolute Gasteiger partial charge is 0.494 e. The van der Waals surface area contributed by atoms with Gasteiger partial charge in [-0.15, -0.1) is 0 Å². The van der Waals surface area contributed by atoms with Crippen LogP contribution in [0.25, 0.3) is 6.08 Å². The van der Waals surface area contributed by atoms with Crippen molar-refractivity contribution in [3.8, 4) is 5.75 Å². The van der Waals surface area contributed by atoms with E-state index >= 15 is 0 Å². The number of anilines is 1. The highest BCUT2D eigenvalue weighted by atomic mass is 32.2. The van der Waals surface area contributed by atoms with Gasteiger partial charge in [-0.05, 0) is 67.4 Å². The number of imide groups is 1. The average Bonchev–Trinajstić information content (AvgIpc) is 2.94. The molecular weight excluding hydrogens is 388 g/mol. The SMILES string of the molecule is CCOc1ccc(/C=C2/SC(=O)N(CC(=O)Nc3c(C)cccc3C)C2=O)cc1. The van der Waals surface area contributed by atoms with E-state index in [1.807, 2.05) is 51.1 Å². The van der Waals surface area contributed by atoms with Gasteiger partial charge in [0.05, 0.1) is 11.5 Å². The van der Waals surface area contributed by atoms with Gasteiger partial charge in [-0.25, -0.2) is 0 Å². The number of amides is 3. The van der Waals surface area contributed by atoms with Crippen molar-refractivity contribution in [3.05, 3.63) is 64.1 Å². The number of para-hydroxylation sites is 1. The molecule has 0 saturated carbocycles. The fourth-order valence-corrected chi connectivity index (χ4v) is 3.79. The second-order valence-corrected chi connectivity index (χ2v) is 7.58. The van der Waals surface area contributed by atoms with Gasteiger partial charge >= 0.3 is 0 Å². The molecule has 6 nitrogen and oxygen atoms in total. The summed E-state index contributed by atoms with van der Waals surface area (Å²) in [5.41, 5.74) is 3.32. The molecule has 0 atom stereocenters. The van der Waals surface area contributed by atoms with Crippen molar-refractivity contribution in [2.75, 3.05) is 18.5 Å². The highest BCUT2D eigenvalue weighted by Gasteiger charge is 2.36. The molecule has 1 fully saturated rings. The van der Waals surface area contributed by atoms with Crippen molar-refractivity contribution in [1.82, 2.24) is 4.90 Å². The van der Waals surface area contributed by atoms with Crippen molar-refractivity contribution < 1.29 is 19.1 Å². The lowest BCUT2D eigenvalue weighted by Gasteiger charge is -2.15. The molecule has 0 aromatic heterocycles. The van der Waals surface area contributed by atoms with Crippen LogP contribution in [0, 0.1) is 13.8 Å². The van der Waals surface area contributed by atoms with Gasteiger partial charge in [0, 0.05) is 5.69 Å². The van der Waals surface area contributed by atoms with Crippen LogP contribution < -0.4 is 10.1 Å². The van der Waals surface area contributed by atoms with E-state index < -0.39 is 17.1 Å². The Morgan fingerprint density at radius 1 is 1.10 bits per heavy atom. The standard InChI is InChI=1S/C22H22N2O4S/c1-4-28-17-10-8-16(9-11-17)12-18-21(26)24(22(27)29-18)13-19(25)23-20-14(2)6-5-7-15(20)3/h5-12H,4,13H2,1-3H3,(H,23,25)/b18-12+. The zero-order valence-electron chi connectivity index (χ0n) is 16.5. The minimum atomic E-state index is -0.467. The fourth-order valence-electron chi connectivity index (χ4n) is 2.95. The maximum absolute atomic E-state index is 12.6. The molecule has 29 heavy (non-hydrogen) atoms. The summed E-state index contributed by atoms with van der Waals surface area (Å²) in [4.78, 5) is 38.6. The molecule has 1 heterocycles. The monoisotopic (exact) mass is 410 g/mol. The number of rotatable bonds is 6. The number of benzene rings is 2. The Morgan fingerprint density at radius 2 is 1.76 bits per heavy atom. The molecule has 1 N–H and O–H groups in total. The lowest BCUT2D eigenvalue weighted by molar-refractivity contribution is -0.127. The van der Waals surface area contributed by atoms with Crippen LogP contribution in [0.4, 0.5) is 10.5 Å². The number of carbonyl (C=O) groups is 3. The molecule has 2 aromatic carbocycles. The highest BCUT2D eigenvalue weighted by Crippen LogP contribution is 2.32. The van der Waals surface area contributed by atoms with Gasteiger partial charge in [-0.2, -0.15) is 0 Å². The van der Waals surface area contributed by atoms with Gasteiger partial charge in [0.15, 0.2) is 0 Å². The number of ether oxygens (including phenoxy) is 1. The summed E-state index contributed by atoms with van der Waals surface area (Å²) in [5, 5.41) is 2.35. The van der Waals surface area contributed by atoms with E-state index in [0.717, 1.165) is 39.1 Å². The first-order valence-corrected chi connectivity index (χ1v) is 10.0. The summed E-state index contributed by atoms with van der Waals surface area (Å²) < 4.78 is 5.40. The molecule has 1 saturated heterocycles. The molecule has 150 valence electrons. The molecule has 0 aliphatic carbocycles. The maximum Gasteiger partial charge on any atom is 0.294 e. The van der Waals surface area contributed by atoms with E-state index in [2.05, 4.69) is 5.32 Å². The minimum absolute atomic E-state index is 0.291. The Kier molecular flexibility index (Phi) is 6.39. The van der Waals surface area contributed by atoms with E-state index in [4.69, 9.17) is 4.74 Å². The van der Waals surface area contributed by atoms with Crippen LogP contribution in [0.5, 0.6) is 5.75 Å². The van der Waals surface area contributed by atoms with Crippen molar-refractivity contribution in [1.29, 1.82) is 0 Å². The molecular formula is C22H22N2O4S. The number of nitrogens with zero attached hydrogens (tertiary/aromatic N) is 1. The van der Waals surface area contributed by atoms with E-state index in [9.17, 15) is 14.4 Å². The van der Waals surface area contributed by atoms with Crippen LogP contribution >= 0.6 is 11.8 Å². The molecule has 0 radical (unpaired) electrons. The van der Waals surface area contributed by atoms with Gasteiger partial charge in [-0.1, -0.05) is 30.3 Å². The average molecular weight is 410 g/mol. The number of carbonyl (C=O) groups excluding carboxylic acids is 3. The van der Waals surface area contributed by atoms with Gasteiger partial charge in [0.25, 0.3) is 11.1 Å². The summed E-state index contributed by atoms with van der Waals surface area (Å²) in [7, 11) is 0. The quantitative estimate of drug-likeness (QED) is 0.716. The van der Waals surface area contributed by atoms with E-state index in [1.54, 1.807) is 18.2 Å². The Balaban J connectivity index is 1.69. The summed E-state index contributed by atoms with van der Waals surface area (Å²) in [6.07, 6.45) is 1.64. The van der Waals surface area contributed by atoms with Crippen LogP contribution in [0.3, 0.4) is 0 Å². The van der Waals surface area contributed by atoms with Crippen molar-refractivity contribution in [2.24, 2.45) is 0 Å². The Labute approximate surface area is 173 Å². The zero-order chi connectivity index (χ0) is 21.0. The zero-order valence-corrected chi connectivity index (χ0v) is 17.3. The van der Waals surface area contributed by atoms with Gasteiger partial charge in [-0.3, -0.25) is 19.3 Å². The van der Waals surface area contributed by atoms with Crippen LogP contribution in [0.2, 0.25) is 0 Å². The second-order valence-electron chi connectivity index (χ2n) is 6.58. The second kappa shape index (κ2) is 8.96. The number of aryl methyl sites for hydroxylation is 2. The number of hydrogen-bond donors (Lipinski definition) is 1. The third kappa shape index (κ3) is 4.86. The Hall–Kier alpha value is -3.06. The molecule has 0 spiro atoms. The lowest BCUT2D eigenvalue weighted by Crippen LogP contribution is -2.36. The van der Waals surface area contributed by atoms with Crippen LogP contribution in [-0.2, 0) is 9.59 Å². The molecule has 3 amide bonds. The van der Waals surface area contributed by atoms with Crippen LogP contribution in [0.15, 0.2) is 47.4 Å². The fraction of sp³-hybridized carbons (Fsp3) is 0.227. The molecule has 3 rings (SSSR count). The lowest BCUT2D eigenvalue weighted by atomic mass is 10.1. The van der Waals surface area contributed by atoms with Gasteiger partial charge < -0.3 is 10.1 Å². The molecule has 7 heteroatoms. The molecule has 0 bridgehead atoms. The number of thioether (sulfide) groups is 1. The van der Waals surface area contributed by atoms with E-state index in [0.29, 0.717) is 17.2 Å². The Morgan fingerprint density at radius 3 is 2.38 bits per heavy atom. The Bertz CT molecular complexity index is 963.